The van der Waals surface area contributed by atoms with Gasteiger partial charge in [-0.05, 0) is 26.7 Å². The molecule has 2 rings (SSSR count). The third-order valence-corrected chi connectivity index (χ3v) is 4.10. The minimum Gasteiger partial charge on any atom is -0.468 e. The molecule has 1 saturated heterocycles. The van der Waals surface area contributed by atoms with Crippen LogP contribution in [0.2, 0.25) is 0 Å². The fourth-order valence-corrected chi connectivity index (χ4v) is 2.64. The van der Waals surface area contributed by atoms with Crippen LogP contribution in [-0.4, -0.2) is 74.6 Å². The lowest BCUT2D eigenvalue weighted by Crippen LogP contribution is -2.47. The van der Waals surface area contributed by atoms with E-state index in [0.29, 0.717) is 0 Å². The van der Waals surface area contributed by atoms with Crippen LogP contribution in [0.5, 0.6) is 0 Å². The van der Waals surface area contributed by atoms with E-state index in [1.807, 2.05) is 6.26 Å². The van der Waals surface area contributed by atoms with E-state index >= 15 is 0 Å². The van der Waals surface area contributed by atoms with Crippen LogP contribution < -0.4 is 5.32 Å². The molecule has 0 bridgehead atoms. The summed E-state index contributed by atoms with van der Waals surface area (Å²) in [4.78, 5) is 7.31. The van der Waals surface area contributed by atoms with Crippen molar-refractivity contribution >= 4 is 0 Å². The first-order valence-electron chi connectivity index (χ1n) is 8.04. The molecule has 0 aliphatic carbocycles. The number of hydrogen-bond donors (Lipinski definition) is 1. The molecule has 1 fully saturated rings. The Kier molecular flexibility index (Phi) is 6.70. The van der Waals surface area contributed by atoms with Crippen molar-refractivity contribution in [2.75, 3.05) is 59.9 Å². The van der Waals surface area contributed by atoms with E-state index in [4.69, 9.17) is 4.42 Å². The van der Waals surface area contributed by atoms with Crippen molar-refractivity contribution in [3.8, 4) is 0 Å². The molecule has 1 aliphatic rings. The first kappa shape index (κ1) is 16.5. The fourth-order valence-electron chi connectivity index (χ4n) is 2.64. The van der Waals surface area contributed by atoms with Crippen molar-refractivity contribution in [3.63, 3.8) is 0 Å². The zero-order valence-corrected chi connectivity index (χ0v) is 13.8. The molecule has 5 nitrogen and oxygen atoms in total. The van der Waals surface area contributed by atoms with Crippen LogP contribution in [0.25, 0.3) is 0 Å². The van der Waals surface area contributed by atoms with Gasteiger partial charge in [-0.15, -0.1) is 0 Å². The molecule has 120 valence electrons. The Hall–Kier alpha value is -0.880. The molecular formula is C16H30N4O. The SMILES string of the molecule is CCNCc1ccoc1CN1CCN(CCN(C)C)CC1. The Balaban J connectivity index is 1.74. The summed E-state index contributed by atoms with van der Waals surface area (Å²) in [5.41, 5.74) is 1.30. The summed E-state index contributed by atoms with van der Waals surface area (Å²) in [7, 11) is 4.28. The summed E-state index contributed by atoms with van der Waals surface area (Å²) < 4.78 is 5.67. The highest BCUT2D eigenvalue weighted by atomic mass is 16.3. The minimum absolute atomic E-state index is 0.908. The van der Waals surface area contributed by atoms with Gasteiger partial charge >= 0.3 is 0 Å². The Bertz CT molecular complexity index is 397. The number of nitrogens with zero attached hydrogens (tertiary/aromatic N) is 3. The fraction of sp³-hybridized carbons (Fsp3) is 0.750. The standard InChI is InChI=1S/C16H30N4O/c1-4-17-13-15-5-12-21-16(15)14-20-10-8-19(9-11-20)7-6-18(2)3/h5,12,17H,4,6-11,13-14H2,1-3H3. The molecule has 1 aliphatic heterocycles. The number of likely N-dealkylation sites (N-methyl/N-ethyl adjacent to an activating group) is 1. The van der Waals surface area contributed by atoms with Crippen molar-refractivity contribution in [1.82, 2.24) is 20.0 Å². The predicted molar refractivity (Wildman–Crippen MR) is 86.4 cm³/mol. The molecular weight excluding hydrogens is 264 g/mol. The van der Waals surface area contributed by atoms with Gasteiger partial charge in [0, 0.05) is 51.4 Å². The second-order valence-corrected chi connectivity index (χ2v) is 6.07. The van der Waals surface area contributed by atoms with Gasteiger partial charge in [0.15, 0.2) is 0 Å². The van der Waals surface area contributed by atoms with Crippen LogP contribution in [0.3, 0.4) is 0 Å². The van der Waals surface area contributed by atoms with Crippen LogP contribution in [0.15, 0.2) is 16.7 Å². The number of nitrogens with one attached hydrogen (secondary N) is 1. The highest BCUT2D eigenvalue weighted by molar-refractivity contribution is 5.16. The quantitative estimate of drug-likeness (QED) is 0.776. The van der Waals surface area contributed by atoms with Gasteiger partial charge in [0.25, 0.3) is 0 Å². The average molecular weight is 294 g/mol. The maximum atomic E-state index is 5.67. The highest BCUT2D eigenvalue weighted by Gasteiger charge is 2.18. The van der Waals surface area contributed by atoms with E-state index in [0.717, 1.165) is 58.1 Å². The first-order chi connectivity index (χ1) is 10.2. The van der Waals surface area contributed by atoms with E-state index in [2.05, 4.69) is 47.1 Å². The van der Waals surface area contributed by atoms with Crippen molar-refractivity contribution in [2.24, 2.45) is 0 Å². The highest BCUT2D eigenvalue weighted by Crippen LogP contribution is 2.14. The smallest absolute Gasteiger partial charge is 0.122 e. The topological polar surface area (TPSA) is 34.9 Å². The summed E-state index contributed by atoms with van der Waals surface area (Å²) in [6.07, 6.45) is 1.81. The number of hydrogen-bond acceptors (Lipinski definition) is 5. The predicted octanol–water partition coefficient (Wildman–Crippen LogP) is 1.07. The molecule has 2 heterocycles. The normalized spacial score (nSPS) is 17.7. The molecule has 5 heteroatoms. The van der Waals surface area contributed by atoms with E-state index < -0.39 is 0 Å². The zero-order valence-electron chi connectivity index (χ0n) is 13.8. The maximum absolute atomic E-state index is 5.67. The van der Waals surface area contributed by atoms with Crippen LogP contribution in [0.1, 0.15) is 18.2 Å². The van der Waals surface area contributed by atoms with Crippen molar-refractivity contribution in [2.45, 2.75) is 20.0 Å². The molecule has 1 N–H and O–H groups in total. The third-order valence-electron chi connectivity index (χ3n) is 4.10. The lowest BCUT2D eigenvalue weighted by Gasteiger charge is -2.34. The second kappa shape index (κ2) is 8.54. The van der Waals surface area contributed by atoms with E-state index in [1.54, 1.807) is 0 Å². The van der Waals surface area contributed by atoms with Crippen LogP contribution in [-0.2, 0) is 13.1 Å². The molecule has 0 saturated carbocycles. The van der Waals surface area contributed by atoms with Gasteiger partial charge < -0.3 is 14.6 Å². The monoisotopic (exact) mass is 294 g/mol. The molecule has 0 aromatic carbocycles. The van der Waals surface area contributed by atoms with Crippen molar-refractivity contribution < 1.29 is 4.42 Å². The Labute approximate surface area is 128 Å². The second-order valence-electron chi connectivity index (χ2n) is 6.07. The Morgan fingerprint density at radius 1 is 1.19 bits per heavy atom. The lowest BCUT2D eigenvalue weighted by molar-refractivity contribution is 0.114. The lowest BCUT2D eigenvalue weighted by atomic mass is 10.2. The van der Waals surface area contributed by atoms with Gasteiger partial charge in [0.1, 0.15) is 5.76 Å². The molecule has 21 heavy (non-hydrogen) atoms. The zero-order chi connectivity index (χ0) is 15.1. The number of piperazine rings is 1. The van der Waals surface area contributed by atoms with Gasteiger partial charge in [0.05, 0.1) is 12.8 Å². The molecule has 1 aromatic rings. The Morgan fingerprint density at radius 2 is 1.90 bits per heavy atom. The van der Waals surface area contributed by atoms with Crippen molar-refractivity contribution in [1.29, 1.82) is 0 Å². The van der Waals surface area contributed by atoms with Gasteiger partial charge in [-0.25, -0.2) is 0 Å². The summed E-state index contributed by atoms with van der Waals surface area (Å²) in [6.45, 7) is 11.9. The molecule has 0 radical (unpaired) electrons. The third kappa shape index (κ3) is 5.43. The van der Waals surface area contributed by atoms with Gasteiger partial charge in [0.2, 0.25) is 0 Å². The summed E-state index contributed by atoms with van der Waals surface area (Å²) in [5, 5.41) is 3.37. The minimum atomic E-state index is 0.908. The van der Waals surface area contributed by atoms with Gasteiger partial charge in [-0.1, -0.05) is 6.92 Å². The van der Waals surface area contributed by atoms with Crippen LogP contribution in [0.4, 0.5) is 0 Å². The molecule has 0 amide bonds. The van der Waals surface area contributed by atoms with Crippen LogP contribution in [0, 0.1) is 0 Å². The van der Waals surface area contributed by atoms with Crippen molar-refractivity contribution in [3.05, 3.63) is 23.7 Å². The maximum Gasteiger partial charge on any atom is 0.122 e. The number of rotatable bonds is 8. The average Bonchev–Trinajstić information content (AvgIpc) is 2.91. The van der Waals surface area contributed by atoms with E-state index in [9.17, 15) is 0 Å². The molecule has 1 aromatic heterocycles. The summed E-state index contributed by atoms with van der Waals surface area (Å²) in [5.74, 6) is 1.12. The van der Waals surface area contributed by atoms with Gasteiger partial charge in [-0.2, -0.15) is 0 Å². The molecule has 0 atom stereocenters. The van der Waals surface area contributed by atoms with Crippen LogP contribution >= 0.6 is 0 Å². The summed E-state index contributed by atoms with van der Waals surface area (Å²) in [6, 6.07) is 2.09. The van der Waals surface area contributed by atoms with Gasteiger partial charge in [-0.3, -0.25) is 9.80 Å². The number of furan rings is 1. The Morgan fingerprint density at radius 3 is 2.57 bits per heavy atom. The summed E-state index contributed by atoms with van der Waals surface area (Å²) >= 11 is 0. The molecule has 0 spiro atoms. The molecule has 0 unspecified atom stereocenters. The first-order valence-corrected chi connectivity index (χ1v) is 8.04. The van der Waals surface area contributed by atoms with E-state index in [-0.39, 0.29) is 0 Å². The van der Waals surface area contributed by atoms with E-state index in [1.165, 1.54) is 12.1 Å². The largest absolute Gasteiger partial charge is 0.468 e.